The van der Waals surface area contributed by atoms with Gasteiger partial charge < -0.3 is 5.32 Å². The van der Waals surface area contributed by atoms with E-state index >= 15 is 0 Å². The normalized spacial score (nSPS) is 29.3. The van der Waals surface area contributed by atoms with E-state index in [2.05, 4.69) is 5.32 Å². The fraction of sp³-hybridized carbons (Fsp3) is 0.625. The zero-order chi connectivity index (χ0) is 15.2. The summed E-state index contributed by atoms with van der Waals surface area (Å²) in [6, 6.07) is 3.30. The monoisotopic (exact) mass is 301 g/mol. The van der Waals surface area contributed by atoms with Crippen LogP contribution in [-0.2, 0) is 6.18 Å². The summed E-state index contributed by atoms with van der Waals surface area (Å²) >= 11 is 0. The first-order chi connectivity index (χ1) is 9.90. The van der Waals surface area contributed by atoms with Crippen molar-refractivity contribution in [2.75, 3.05) is 6.54 Å². The summed E-state index contributed by atoms with van der Waals surface area (Å²) in [5, 5.41) is 3.29. The van der Waals surface area contributed by atoms with Crippen LogP contribution in [0.3, 0.4) is 0 Å². The Bertz CT molecular complexity index is 515. The lowest BCUT2D eigenvalue weighted by Crippen LogP contribution is -2.28. The quantitative estimate of drug-likeness (QED) is 0.805. The average molecular weight is 301 g/mol. The number of fused-ring (bicyclic) bond motifs is 1. The molecule has 0 spiro atoms. The maximum atomic E-state index is 13.4. The first-order valence-corrected chi connectivity index (χ1v) is 7.50. The number of alkyl halides is 3. The minimum Gasteiger partial charge on any atom is -0.310 e. The van der Waals surface area contributed by atoms with Gasteiger partial charge in [0, 0.05) is 6.04 Å². The molecular formula is C16H19F4N. The minimum absolute atomic E-state index is 0.107. The highest BCUT2D eigenvalue weighted by atomic mass is 19.4. The van der Waals surface area contributed by atoms with Crippen LogP contribution in [0.5, 0.6) is 0 Å². The second-order valence-electron chi connectivity index (χ2n) is 6.26. The van der Waals surface area contributed by atoms with Crippen LogP contribution in [0.25, 0.3) is 0 Å². The van der Waals surface area contributed by atoms with Gasteiger partial charge in [-0.3, -0.25) is 0 Å². The molecule has 0 aliphatic heterocycles. The van der Waals surface area contributed by atoms with Gasteiger partial charge in [-0.1, -0.05) is 13.0 Å². The molecule has 5 heteroatoms. The number of halogens is 4. The highest BCUT2D eigenvalue weighted by molar-refractivity contribution is 5.30. The summed E-state index contributed by atoms with van der Waals surface area (Å²) in [6.07, 6.45) is -1.23. The van der Waals surface area contributed by atoms with E-state index in [1.54, 1.807) is 0 Å². The van der Waals surface area contributed by atoms with Crippen LogP contribution in [0.15, 0.2) is 18.2 Å². The molecular weight excluding hydrogens is 282 g/mol. The van der Waals surface area contributed by atoms with E-state index in [9.17, 15) is 17.6 Å². The van der Waals surface area contributed by atoms with Gasteiger partial charge in [-0.25, -0.2) is 4.39 Å². The molecule has 3 unspecified atom stereocenters. The van der Waals surface area contributed by atoms with Crippen molar-refractivity contribution in [3.63, 3.8) is 0 Å². The van der Waals surface area contributed by atoms with Crippen LogP contribution in [0.4, 0.5) is 17.6 Å². The van der Waals surface area contributed by atoms with Gasteiger partial charge in [0.15, 0.2) is 0 Å². The van der Waals surface area contributed by atoms with E-state index in [4.69, 9.17) is 0 Å². The van der Waals surface area contributed by atoms with Gasteiger partial charge in [0.25, 0.3) is 0 Å². The smallest absolute Gasteiger partial charge is 0.310 e. The van der Waals surface area contributed by atoms with Crippen molar-refractivity contribution in [2.45, 2.75) is 38.4 Å². The van der Waals surface area contributed by atoms with Gasteiger partial charge >= 0.3 is 6.18 Å². The van der Waals surface area contributed by atoms with Gasteiger partial charge in [-0.05, 0) is 61.3 Å². The number of benzene rings is 1. The molecule has 2 aliphatic rings. The second kappa shape index (κ2) is 5.27. The van der Waals surface area contributed by atoms with Crippen LogP contribution in [-0.4, -0.2) is 6.54 Å². The zero-order valence-electron chi connectivity index (χ0n) is 11.9. The van der Waals surface area contributed by atoms with Crippen LogP contribution in [0, 0.1) is 23.6 Å². The third kappa shape index (κ3) is 2.93. The molecule has 2 fully saturated rings. The highest BCUT2D eigenvalue weighted by Crippen LogP contribution is 2.57. The van der Waals surface area contributed by atoms with Gasteiger partial charge in [-0.2, -0.15) is 13.2 Å². The van der Waals surface area contributed by atoms with E-state index in [1.807, 2.05) is 6.92 Å². The molecule has 1 nitrogen and oxygen atoms in total. The Morgan fingerprint density at radius 2 is 1.86 bits per heavy atom. The molecule has 2 aliphatic carbocycles. The fourth-order valence-electron chi connectivity index (χ4n) is 3.76. The summed E-state index contributed by atoms with van der Waals surface area (Å²) in [5.41, 5.74) is -0.608. The number of nitrogens with one attached hydrogen (secondary N) is 1. The molecule has 0 bridgehead atoms. The maximum absolute atomic E-state index is 13.4. The lowest BCUT2D eigenvalue weighted by atomic mass is 9.88. The van der Waals surface area contributed by atoms with Crippen LogP contribution in [0.2, 0.25) is 0 Å². The Kier molecular flexibility index (Phi) is 3.72. The van der Waals surface area contributed by atoms with Gasteiger partial charge in [0.1, 0.15) is 5.82 Å². The molecule has 21 heavy (non-hydrogen) atoms. The third-order valence-corrected chi connectivity index (χ3v) is 4.83. The molecule has 3 rings (SSSR count). The summed E-state index contributed by atoms with van der Waals surface area (Å²) in [5.74, 6) is 0.688. The lowest BCUT2D eigenvalue weighted by Gasteiger charge is -2.27. The minimum atomic E-state index is -4.64. The van der Waals surface area contributed by atoms with Crippen molar-refractivity contribution in [1.82, 2.24) is 5.32 Å². The number of hydrogen-bond donors (Lipinski definition) is 1. The molecule has 0 amide bonds. The molecule has 2 saturated carbocycles. The Morgan fingerprint density at radius 1 is 1.19 bits per heavy atom. The summed E-state index contributed by atoms with van der Waals surface area (Å²) in [4.78, 5) is 0. The standard InChI is InChI=1S/C16H19F4N/c1-2-21-15(12-6-10-5-11(10)7-12)9-3-4-14(17)13(8-9)16(18,19)20/h3-4,8,10-12,15,21H,2,5-7H2,1H3. The SMILES string of the molecule is CCNC(c1ccc(F)c(C(F)(F)F)c1)C1CC2CC2C1. The van der Waals surface area contributed by atoms with Crippen molar-refractivity contribution >= 4 is 0 Å². The van der Waals surface area contributed by atoms with Crippen molar-refractivity contribution in [3.8, 4) is 0 Å². The number of hydrogen-bond acceptors (Lipinski definition) is 1. The van der Waals surface area contributed by atoms with E-state index in [0.717, 1.165) is 36.8 Å². The molecule has 1 aromatic carbocycles. The Hall–Kier alpha value is -1.10. The lowest BCUT2D eigenvalue weighted by molar-refractivity contribution is -0.140. The Labute approximate surface area is 121 Å². The predicted molar refractivity (Wildman–Crippen MR) is 72.1 cm³/mol. The van der Waals surface area contributed by atoms with E-state index < -0.39 is 17.6 Å². The summed E-state index contributed by atoms with van der Waals surface area (Å²) in [7, 11) is 0. The van der Waals surface area contributed by atoms with Crippen molar-refractivity contribution in [2.24, 2.45) is 17.8 Å². The third-order valence-electron chi connectivity index (χ3n) is 4.83. The van der Waals surface area contributed by atoms with E-state index in [1.165, 1.54) is 12.5 Å². The molecule has 3 atom stereocenters. The molecule has 0 saturated heterocycles. The molecule has 0 heterocycles. The Balaban J connectivity index is 1.88. The van der Waals surface area contributed by atoms with Gasteiger partial charge in [-0.15, -0.1) is 0 Å². The maximum Gasteiger partial charge on any atom is 0.419 e. The first-order valence-electron chi connectivity index (χ1n) is 7.50. The number of rotatable bonds is 4. The molecule has 1 aromatic rings. The highest BCUT2D eigenvalue weighted by Gasteiger charge is 2.48. The van der Waals surface area contributed by atoms with Gasteiger partial charge in [0.2, 0.25) is 0 Å². The van der Waals surface area contributed by atoms with Crippen molar-refractivity contribution in [1.29, 1.82) is 0 Å². The molecule has 0 aromatic heterocycles. The molecule has 1 N–H and O–H groups in total. The average Bonchev–Trinajstić information content (AvgIpc) is 3.02. The van der Waals surface area contributed by atoms with E-state index in [-0.39, 0.29) is 6.04 Å². The Morgan fingerprint density at radius 3 is 2.43 bits per heavy atom. The molecule has 116 valence electrons. The topological polar surface area (TPSA) is 12.0 Å². The fourth-order valence-corrected chi connectivity index (χ4v) is 3.76. The second-order valence-corrected chi connectivity index (χ2v) is 6.26. The van der Waals surface area contributed by atoms with E-state index in [0.29, 0.717) is 18.0 Å². The van der Waals surface area contributed by atoms with Crippen LogP contribution >= 0.6 is 0 Å². The largest absolute Gasteiger partial charge is 0.419 e. The van der Waals surface area contributed by atoms with Crippen LogP contribution < -0.4 is 5.32 Å². The van der Waals surface area contributed by atoms with Crippen LogP contribution in [0.1, 0.15) is 43.4 Å². The zero-order valence-corrected chi connectivity index (χ0v) is 11.9. The van der Waals surface area contributed by atoms with Crippen molar-refractivity contribution < 1.29 is 17.6 Å². The van der Waals surface area contributed by atoms with Crippen molar-refractivity contribution in [3.05, 3.63) is 35.1 Å². The predicted octanol–water partition coefficient (Wildman–Crippen LogP) is 4.54. The first kappa shape index (κ1) is 14.8. The molecule has 0 radical (unpaired) electrons. The summed E-state index contributed by atoms with van der Waals surface area (Å²) < 4.78 is 52.0. The summed E-state index contributed by atoms with van der Waals surface area (Å²) in [6.45, 7) is 2.63. The van der Waals surface area contributed by atoms with Gasteiger partial charge in [0.05, 0.1) is 5.56 Å².